The van der Waals surface area contributed by atoms with Gasteiger partial charge in [-0.2, -0.15) is 4.48 Å². The lowest BCUT2D eigenvalue weighted by Gasteiger charge is -2.33. The molecule has 0 N–H and O–H groups in total. The number of imide groups is 1. The third-order valence-corrected chi connectivity index (χ3v) is 5.98. The molecule has 1 aliphatic heterocycles. The second kappa shape index (κ2) is 9.28. The summed E-state index contributed by atoms with van der Waals surface area (Å²) in [6.45, 7) is 6.99. The van der Waals surface area contributed by atoms with E-state index in [0.717, 1.165) is 51.4 Å². The normalized spacial score (nSPS) is 24.4. The van der Waals surface area contributed by atoms with Crippen LogP contribution in [-0.4, -0.2) is 29.4 Å². The maximum absolute atomic E-state index is 13.2. The van der Waals surface area contributed by atoms with Crippen molar-refractivity contribution >= 4 is 12.3 Å². The van der Waals surface area contributed by atoms with E-state index in [1.165, 1.54) is 5.56 Å². The van der Waals surface area contributed by atoms with Gasteiger partial charge in [0.05, 0.1) is 12.5 Å². The summed E-state index contributed by atoms with van der Waals surface area (Å²) >= 11 is 0. The highest BCUT2D eigenvalue weighted by Crippen LogP contribution is 2.32. The van der Waals surface area contributed by atoms with E-state index in [4.69, 9.17) is 0 Å². The molecular weight excluding hydrogens is 310 g/mol. The van der Waals surface area contributed by atoms with E-state index in [1.807, 2.05) is 6.07 Å². The van der Waals surface area contributed by atoms with E-state index >= 15 is 0 Å². The summed E-state index contributed by atoms with van der Waals surface area (Å²) in [6.07, 6.45) is 8.26. The number of benzene rings is 1. The van der Waals surface area contributed by atoms with E-state index in [2.05, 4.69) is 45.0 Å². The third-order valence-electron chi connectivity index (χ3n) is 5.98. The highest BCUT2D eigenvalue weighted by molar-refractivity contribution is 5.78. The number of unbranched alkanes of at least 4 members (excludes halogenated alkanes) is 2. The Labute approximate surface area is 153 Å². The van der Waals surface area contributed by atoms with Crippen LogP contribution in [-0.2, 0) is 16.0 Å². The average molecular weight is 345 g/mol. The van der Waals surface area contributed by atoms with Gasteiger partial charge in [-0.05, 0) is 37.7 Å². The molecular formula is C22H34NO2+. The molecule has 0 bridgehead atoms. The minimum atomic E-state index is 0.00229. The molecule has 0 spiro atoms. The van der Waals surface area contributed by atoms with Crippen LogP contribution in [0.5, 0.6) is 0 Å². The predicted molar refractivity (Wildman–Crippen MR) is 102 cm³/mol. The zero-order valence-electron chi connectivity index (χ0n) is 16.1. The average Bonchev–Trinajstić information content (AvgIpc) is 3.00. The summed E-state index contributed by atoms with van der Waals surface area (Å²) in [5.74, 6) is 0.463. The molecule has 0 saturated carbocycles. The van der Waals surface area contributed by atoms with Crippen LogP contribution in [0.25, 0.3) is 0 Å². The van der Waals surface area contributed by atoms with Gasteiger partial charge in [-0.15, -0.1) is 0 Å². The van der Waals surface area contributed by atoms with Gasteiger partial charge < -0.3 is 0 Å². The van der Waals surface area contributed by atoms with Crippen molar-refractivity contribution in [3.8, 4) is 0 Å². The van der Waals surface area contributed by atoms with Crippen LogP contribution in [0.1, 0.15) is 64.9 Å². The Morgan fingerprint density at radius 1 is 1.20 bits per heavy atom. The van der Waals surface area contributed by atoms with Crippen LogP contribution in [0, 0.1) is 11.8 Å². The molecule has 3 atom stereocenters. The molecule has 2 unspecified atom stereocenters. The zero-order valence-corrected chi connectivity index (χ0v) is 16.1. The quantitative estimate of drug-likeness (QED) is 0.368. The Kier molecular flexibility index (Phi) is 7.37. The minimum Gasteiger partial charge on any atom is -0.233 e. The van der Waals surface area contributed by atoms with Gasteiger partial charge in [-0.25, -0.2) is 9.59 Å². The highest BCUT2D eigenvalue weighted by atomic mass is 16.2. The Hall–Kier alpha value is -1.48. The summed E-state index contributed by atoms with van der Waals surface area (Å²) in [5.41, 5.74) is 1.38. The Morgan fingerprint density at radius 2 is 1.92 bits per heavy atom. The van der Waals surface area contributed by atoms with Crippen LogP contribution in [0.15, 0.2) is 30.3 Å². The standard InChI is InChI=1S/C22H34NO2/c1-18(2)21(22(25)23(17-24)16-10-11-19(23)3)15-9-5-8-14-20-12-6-4-7-13-20/h4,6-7,12-13,17-19,21H,5,8-11,14-16H2,1-3H3/q+1/t19-,21?,23?/m1/s1. The van der Waals surface area contributed by atoms with Crippen molar-refractivity contribution in [1.82, 2.24) is 0 Å². The van der Waals surface area contributed by atoms with Crippen LogP contribution in [0.3, 0.4) is 0 Å². The van der Waals surface area contributed by atoms with Crippen molar-refractivity contribution in [3.05, 3.63) is 35.9 Å². The van der Waals surface area contributed by atoms with Gasteiger partial charge in [0.15, 0.2) is 0 Å². The number of nitrogens with zero attached hydrogens (tertiary/aromatic N) is 1. The van der Waals surface area contributed by atoms with Gasteiger partial charge in [0.1, 0.15) is 6.04 Å². The molecule has 1 aromatic rings. The molecule has 3 heteroatoms. The van der Waals surface area contributed by atoms with Crippen LogP contribution in [0.2, 0.25) is 0 Å². The number of likely N-dealkylation sites (tertiary alicyclic amines) is 1. The molecule has 0 aromatic heterocycles. The number of rotatable bonds is 9. The van der Waals surface area contributed by atoms with Gasteiger partial charge in [0.2, 0.25) is 0 Å². The largest absolute Gasteiger partial charge is 0.324 e. The van der Waals surface area contributed by atoms with Crippen molar-refractivity contribution in [3.63, 3.8) is 0 Å². The van der Waals surface area contributed by atoms with Gasteiger partial charge in [-0.3, -0.25) is 0 Å². The first-order valence-electron chi connectivity index (χ1n) is 9.93. The van der Waals surface area contributed by atoms with Gasteiger partial charge >= 0.3 is 12.3 Å². The van der Waals surface area contributed by atoms with E-state index in [1.54, 1.807) is 0 Å². The number of carbonyl (C=O) groups is 2. The maximum Gasteiger partial charge on any atom is 0.324 e. The molecule has 1 saturated heterocycles. The fraction of sp³-hybridized carbons (Fsp3) is 0.636. The second-order valence-corrected chi connectivity index (χ2v) is 8.02. The summed E-state index contributed by atoms with van der Waals surface area (Å²) < 4.78 is 0.0624. The van der Waals surface area contributed by atoms with Gasteiger partial charge in [0.25, 0.3) is 0 Å². The number of quaternary nitrogens is 1. The van der Waals surface area contributed by atoms with Crippen molar-refractivity contribution in [2.24, 2.45) is 11.8 Å². The molecule has 2 amide bonds. The van der Waals surface area contributed by atoms with Crippen LogP contribution in [0.4, 0.5) is 0 Å². The lowest BCUT2D eigenvalue weighted by Crippen LogP contribution is -2.57. The summed E-state index contributed by atoms with van der Waals surface area (Å²) in [5, 5.41) is 0. The molecule has 1 aliphatic rings. The number of hydrogen-bond donors (Lipinski definition) is 0. The maximum atomic E-state index is 13.2. The summed E-state index contributed by atoms with van der Waals surface area (Å²) in [7, 11) is 0. The molecule has 1 heterocycles. The summed E-state index contributed by atoms with van der Waals surface area (Å²) in [4.78, 5) is 25.0. The number of aryl methyl sites for hydroxylation is 1. The zero-order chi connectivity index (χ0) is 18.3. The molecule has 1 fully saturated rings. The molecule has 138 valence electrons. The van der Waals surface area contributed by atoms with Crippen molar-refractivity contribution in [1.29, 1.82) is 0 Å². The smallest absolute Gasteiger partial charge is 0.233 e. The molecule has 3 nitrogen and oxygen atoms in total. The van der Waals surface area contributed by atoms with E-state index in [9.17, 15) is 9.59 Å². The van der Waals surface area contributed by atoms with Crippen LogP contribution < -0.4 is 0 Å². The highest BCUT2D eigenvalue weighted by Gasteiger charge is 2.49. The number of amides is 2. The molecule has 1 aromatic carbocycles. The molecule has 0 aliphatic carbocycles. The third kappa shape index (κ3) is 4.78. The van der Waals surface area contributed by atoms with E-state index < -0.39 is 0 Å². The van der Waals surface area contributed by atoms with Crippen molar-refractivity contribution < 1.29 is 14.1 Å². The molecule has 2 rings (SSSR count). The lowest BCUT2D eigenvalue weighted by atomic mass is 9.87. The molecule has 25 heavy (non-hydrogen) atoms. The van der Waals surface area contributed by atoms with Crippen molar-refractivity contribution in [2.75, 3.05) is 6.54 Å². The van der Waals surface area contributed by atoms with Gasteiger partial charge in [0, 0.05) is 12.8 Å². The number of hydrogen-bond acceptors (Lipinski definition) is 2. The van der Waals surface area contributed by atoms with E-state index in [-0.39, 0.29) is 22.3 Å². The van der Waals surface area contributed by atoms with Crippen molar-refractivity contribution in [2.45, 2.75) is 71.8 Å². The topological polar surface area (TPSA) is 34.1 Å². The lowest BCUT2D eigenvalue weighted by molar-refractivity contribution is -0.782. The molecule has 0 radical (unpaired) electrons. The monoisotopic (exact) mass is 344 g/mol. The Bertz CT molecular complexity index is 554. The van der Waals surface area contributed by atoms with E-state index in [0.29, 0.717) is 12.5 Å². The SMILES string of the molecule is CC(C)C(CCCCCc1ccccc1)C(=O)[N+]1(C=O)CCC[C@H]1C. The predicted octanol–water partition coefficient (Wildman–Crippen LogP) is 4.74. The Morgan fingerprint density at radius 3 is 2.48 bits per heavy atom. The first kappa shape index (κ1) is 19.8. The first-order chi connectivity index (χ1) is 12.0. The summed E-state index contributed by atoms with van der Waals surface area (Å²) in [6, 6.07) is 10.7. The minimum absolute atomic E-state index is 0.00229. The second-order valence-electron chi connectivity index (χ2n) is 8.02. The first-order valence-corrected chi connectivity index (χ1v) is 9.93. The Balaban J connectivity index is 1.86. The fourth-order valence-electron chi connectivity index (χ4n) is 4.20. The van der Waals surface area contributed by atoms with Gasteiger partial charge in [-0.1, -0.05) is 57.0 Å². The van der Waals surface area contributed by atoms with Crippen LogP contribution >= 0.6 is 0 Å². The number of carbonyl (C=O) groups excluding carboxylic acids is 2. The fourth-order valence-corrected chi connectivity index (χ4v) is 4.20.